The van der Waals surface area contributed by atoms with E-state index in [4.69, 9.17) is 4.74 Å². The molecule has 2 aliphatic carbocycles. The van der Waals surface area contributed by atoms with Gasteiger partial charge in [-0.15, -0.1) is 0 Å². The molecule has 146 valence electrons. The number of methoxy groups -OCH3 is 1. The first-order valence-corrected chi connectivity index (χ1v) is 9.40. The molecule has 0 radical (unpaired) electrons. The van der Waals surface area contributed by atoms with Crippen molar-refractivity contribution in [3.8, 4) is 17.0 Å². The summed E-state index contributed by atoms with van der Waals surface area (Å²) in [5.74, 6) is 1.32. The third-order valence-corrected chi connectivity index (χ3v) is 5.58. The van der Waals surface area contributed by atoms with Crippen LogP contribution in [-0.4, -0.2) is 29.3 Å². The highest BCUT2D eigenvalue weighted by molar-refractivity contribution is 5.75. The van der Waals surface area contributed by atoms with Gasteiger partial charge in [0.2, 0.25) is 5.91 Å². The van der Waals surface area contributed by atoms with Crippen LogP contribution in [0.4, 0.5) is 4.39 Å². The van der Waals surface area contributed by atoms with E-state index in [9.17, 15) is 14.0 Å². The number of hydrogen-bond acceptors (Lipinski definition) is 4. The summed E-state index contributed by atoms with van der Waals surface area (Å²) in [5.41, 5.74) is 0.608. The molecule has 1 aromatic carbocycles. The molecule has 6 nitrogen and oxygen atoms in total. The van der Waals surface area contributed by atoms with Crippen molar-refractivity contribution >= 4 is 5.91 Å². The second-order valence-electron chi connectivity index (χ2n) is 7.40. The summed E-state index contributed by atoms with van der Waals surface area (Å²) in [6, 6.07) is 6.97. The molecular formula is C21H22FN3O3. The number of aromatic nitrogens is 2. The van der Waals surface area contributed by atoms with Gasteiger partial charge in [0.1, 0.15) is 18.1 Å². The molecule has 0 saturated heterocycles. The Bertz CT molecular complexity index is 985. The first kappa shape index (κ1) is 18.4. The van der Waals surface area contributed by atoms with Crippen molar-refractivity contribution in [2.75, 3.05) is 13.7 Å². The van der Waals surface area contributed by atoms with Crippen molar-refractivity contribution < 1.29 is 13.9 Å². The van der Waals surface area contributed by atoms with E-state index in [0.29, 0.717) is 41.3 Å². The van der Waals surface area contributed by atoms with E-state index in [0.717, 1.165) is 11.1 Å². The Hall–Kier alpha value is -2.96. The number of allylic oxidation sites excluding steroid dienone is 2. The molecule has 1 N–H and O–H groups in total. The van der Waals surface area contributed by atoms with Gasteiger partial charge in [0.05, 0.1) is 12.8 Å². The molecule has 4 rings (SSSR count). The molecule has 1 aromatic heterocycles. The number of hydrogen-bond donors (Lipinski definition) is 1. The lowest BCUT2D eigenvalue weighted by molar-refractivity contribution is -0.122. The smallest absolute Gasteiger partial charge is 0.267 e. The Morgan fingerprint density at radius 3 is 2.86 bits per heavy atom. The zero-order valence-corrected chi connectivity index (χ0v) is 15.6. The lowest BCUT2D eigenvalue weighted by Crippen LogP contribution is -2.36. The zero-order valence-electron chi connectivity index (χ0n) is 15.6. The van der Waals surface area contributed by atoms with Crippen LogP contribution in [0.3, 0.4) is 0 Å². The van der Waals surface area contributed by atoms with Crippen LogP contribution in [0.2, 0.25) is 0 Å². The van der Waals surface area contributed by atoms with Gasteiger partial charge in [0.25, 0.3) is 5.56 Å². The third kappa shape index (κ3) is 3.69. The van der Waals surface area contributed by atoms with E-state index in [1.165, 1.54) is 43.9 Å². The lowest BCUT2D eigenvalue weighted by Gasteiger charge is -2.18. The molecule has 2 aromatic rings. The number of rotatable bonds is 6. The molecule has 1 heterocycles. The Kier molecular flexibility index (Phi) is 4.98. The molecule has 0 spiro atoms. The minimum Gasteiger partial charge on any atom is -0.496 e. The van der Waals surface area contributed by atoms with Gasteiger partial charge >= 0.3 is 0 Å². The van der Waals surface area contributed by atoms with Crippen LogP contribution in [-0.2, 0) is 11.3 Å². The summed E-state index contributed by atoms with van der Waals surface area (Å²) in [4.78, 5) is 24.5. The highest BCUT2D eigenvalue weighted by Crippen LogP contribution is 2.42. The van der Waals surface area contributed by atoms with Gasteiger partial charge in [-0.1, -0.05) is 12.2 Å². The number of halogens is 1. The van der Waals surface area contributed by atoms with Gasteiger partial charge in [0.15, 0.2) is 0 Å². The number of carbonyl (C=O) groups is 1. The zero-order chi connectivity index (χ0) is 19.7. The maximum Gasteiger partial charge on any atom is 0.267 e. The largest absolute Gasteiger partial charge is 0.496 e. The molecular weight excluding hydrogens is 361 g/mol. The van der Waals surface area contributed by atoms with Gasteiger partial charge in [0, 0.05) is 24.2 Å². The molecule has 2 bridgehead atoms. The van der Waals surface area contributed by atoms with Crippen LogP contribution >= 0.6 is 0 Å². The summed E-state index contributed by atoms with van der Waals surface area (Å²) in [7, 11) is 1.44. The molecule has 28 heavy (non-hydrogen) atoms. The van der Waals surface area contributed by atoms with E-state index in [2.05, 4.69) is 22.6 Å². The van der Waals surface area contributed by atoms with Crippen LogP contribution < -0.4 is 15.6 Å². The second kappa shape index (κ2) is 7.58. The van der Waals surface area contributed by atoms with E-state index < -0.39 is 5.82 Å². The number of nitrogens with one attached hydrogen (secondary N) is 1. The predicted octanol–water partition coefficient (Wildman–Crippen LogP) is 2.39. The second-order valence-corrected chi connectivity index (χ2v) is 7.40. The molecule has 1 amide bonds. The minimum atomic E-state index is -0.427. The maximum atomic E-state index is 13.4. The fourth-order valence-corrected chi connectivity index (χ4v) is 4.15. The number of carbonyl (C=O) groups excluding carboxylic acids is 1. The summed E-state index contributed by atoms with van der Waals surface area (Å²) in [6.45, 7) is 0.456. The van der Waals surface area contributed by atoms with E-state index in [1.807, 2.05) is 0 Å². The van der Waals surface area contributed by atoms with Crippen LogP contribution in [0.5, 0.6) is 5.75 Å². The number of nitrogens with zero attached hydrogens (tertiary/aromatic N) is 2. The van der Waals surface area contributed by atoms with Gasteiger partial charge < -0.3 is 10.1 Å². The summed E-state index contributed by atoms with van der Waals surface area (Å²) in [5, 5.41) is 7.20. The highest BCUT2D eigenvalue weighted by atomic mass is 19.1. The summed E-state index contributed by atoms with van der Waals surface area (Å²) in [6.07, 6.45) is 6.81. The van der Waals surface area contributed by atoms with Gasteiger partial charge in [-0.3, -0.25) is 9.59 Å². The van der Waals surface area contributed by atoms with E-state index in [-0.39, 0.29) is 18.0 Å². The van der Waals surface area contributed by atoms with Gasteiger partial charge in [-0.2, -0.15) is 5.10 Å². The Morgan fingerprint density at radius 2 is 2.14 bits per heavy atom. The predicted molar refractivity (Wildman–Crippen MR) is 102 cm³/mol. The topological polar surface area (TPSA) is 73.2 Å². The van der Waals surface area contributed by atoms with Crippen LogP contribution in [0.25, 0.3) is 11.3 Å². The Morgan fingerprint density at radius 1 is 1.29 bits per heavy atom. The first-order chi connectivity index (χ1) is 13.5. The SMILES string of the molecule is COc1cc(F)ccc1-c1ccc(=O)n(CC(=O)NC[C@H]2C[C@@H]3C=C[C@@H]2C3)n1. The lowest BCUT2D eigenvalue weighted by atomic mass is 9.94. The molecule has 0 aliphatic heterocycles. The fraction of sp³-hybridized carbons (Fsp3) is 0.381. The molecule has 1 fully saturated rings. The molecule has 1 saturated carbocycles. The fourth-order valence-electron chi connectivity index (χ4n) is 4.15. The molecule has 0 unspecified atom stereocenters. The highest BCUT2D eigenvalue weighted by Gasteiger charge is 2.35. The average molecular weight is 383 g/mol. The number of ether oxygens (including phenoxy) is 1. The van der Waals surface area contributed by atoms with Crippen molar-refractivity contribution in [1.82, 2.24) is 15.1 Å². The summed E-state index contributed by atoms with van der Waals surface area (Å²) >= 11 is 0. The first-order valence-electron chi connectivity index (χ1n) is 9.40. The van der Waals surface area contributed by atoms with Crippen molar-refractivity contribution in [2.45, 2.75) is 19.4 Å². The normalized spacial score (nSPS) is 22.4. The van der Waals surface area contributed by atoms with E-state index in [1.54, 1.807) is 0 Å². The number of fused-ring (bicyclic) bond motifs is 2. The monoisotopic (exact) mass is 383 g/mol. The van der Waals surface area contributed by atoms with Crippen LogP contribution in [0, 0.1) is 23.6 Å². The molecule has 2 aliphatic rings. The van der Waals surface area contributed by atoms with Crippen LogP contribution in [0.1, 0.15) is 12.8 Å². The quantitative estimate of drug-likeness (QED) is 0.778. The number of benzene rings is 1. The molecule has 3 atom stereocenters. The standard InChI is InChI=1S/C21H22FN3O3/c1-28-19-10-16(22)4-5-17(19)18-6-7-21(27)25(24-18)12-20(26)23-11-15-9-13-2-3-14(15)8-13/h2-7,10,13-15H,8-9,11-12H2,1H3,(H,23,26)/t13-,14-,15-/m1/s1. The Balaban J connectivity index is 1.46. The van der Waals surface area contributed by atoms with Crippen molar-refractivity contribution in [2.24, 2.45) is 17.8 Å². The average Bonchev–Trinajstić information content (AvgIpc) is 3.31. The third-order valence-electron chi connectivity index (χ3n) is 5.58. The van der Waals surface area contributed by atoms with Crippen molar-refractivity contribution in [3.05, 3.63) is 58.7 Å². The van der Waals surface area contributed by atoms with Crippen molar-refractivity contribution in [1.29, 1.82) is 0 Å². The molecule has 7 heteroatoms. The van der Waals surface area contributed by atoms with E-state index >= 15 is 0 Å². The number of amides is 1. The van der Waals surface area contributed by atoms with Gasteiger partial charge in [-0.25, -0.2) is 9.07 Å². The maximum absolute atomic E-state index is 13.4. The van der Waals surface area contributed by atoms with Crippen molar-refractivity contribution in [3.63, 3.8) is 0 Å². The Labute approximate surface area is 162 Å². The van der Waals surface area contributed by atoms with Crippen LogP contribution in [0.15, 0.2) is 47.3 Å². The summed E-state index contributed by atoms with van der Waals surface area (Å²) < 4.78 is 19.7. The minimum absolute atomic E-state index is 0.160. The van der Waals surface area contributed by atoms with Gasteiger partial charge in [-0.05, 0) is 48.8 Å².